The maximum Gasteiger partial charge on any atom is 0.417 e. The lowest BCUT2D eigenvalue weighted by atomic mass is 10.1. The Morgan fingerprint density at radius 1 is 1.33 bits per heavy atom. The molecule has 2 rings (SSSR count). The van der Waals surface area contributed by atoms with Gasteiger partial charge in [-0.3, -0.25) is 9.36 Å². The lowest BCUT2D eigenvalue weighted by Crippen LogP contribution is -2.36. The molecule has 1 fully saturated rings. The van der Waals surface area contributed by atoms with E-state index in [1.165, 1.54) is 14.2 Å². The van der Waals surface area contributed by atoms with Crippen molar-refractivity contribution in [2.75, 3.05) is 27.0 Å². The van der Waals surface area contributed by atoms with Gasteiger partial charge >= 0.3 is 13.7 Å². The van der Waals surface area contributed by atoms with E-state index in [-0.39, 0.29) is 6.61 Å². The van der Waals surface area contributed by atoms with Crippen molar-refractivity contribution in [2.45, 2.75) is 6.04 Å². The standard InChI is InChI=1S/C13H16NO6P/c1-18-21(17,19-2)9-12(15)14-11(8-20-13(14)16)10-6-4-3-5-7-10/h3-7,11H,8-9H2,1-2H3/t11-/m0/s1. The van der Waals surface area contributed by atoms with Crippen LogP contribution in [0.3, 0.4) is 0 Å². The molecule has 1 aliphatic rings. The van der Waals surface area contributed by atoms with Gasteiger partial charge in [0.1, 0.15) is 18.8 Å². The molecule has 1 heterocycles. The Morgan fingerprint density at radius 3 is 2.52 bits per heavy atom. The molecule has 0 radical (unpaired) electrons. The van der Waals surface area contributed by atoms with Crippen LogP contribution in [0.5, 0.6) is 0 Å². The van der Waals surface area contributed by atoms with E-state index in [1.807, 2.05) is 6.07 Å². The average Bonchev–Trinajstić information content (AvgIpc) is 2.90. The minimum absolute atomic E-state index is 0.0683. The molecule has 114 valence electrons. The zero-order valence-electron chi connectivity index (χ0n) is 11.7. The summed E-state index contributed by atoms with van der Waals surface area (Å²) in [5.41, 5.74) is 0.765. The van der Waals surface area contributed by atoms with Gasteiger partial charge in [-0.1, -0.05) is 30.3 Å². The van der Waals surface area contributed by atoms with Crippen molar-refractivity contribution >= 4 is 19.6 Å². The van der Waals surface area contributed by atoms with Crippen molar-refractivity contribution in [1.29, 1.82) is 0 Å². The van der Waals surface area contributed by atoms with Gasteiger partial charge in [0.05, 0.1) is 0 Å². The van der Waals surface area contributed by atoms with Crippen molar-refractivity contribution in [3.05, 3.63) is 35.9 Å². The fourth-order valence-electron chi connectivity index (χ4n) is 2.06. The zero-order chi connectivity index (χ0) is 15.5. The molecule has 21 heavy (non-hydrogen) atoms. The Hall–Kier alpha value is -1.69. The molecule has 7 nitrogen and oxygen atoms in total. The smallest absolute Gasteiger partial charge is 0.417 e. The van der Waals surface area contributed by atoms with Crippen molar-refractivity contribution in [2.24, 2.45) is 0 Å². The first-order valence-electron chi connectivity index (χ1n) is 6.25. The number of nitrogens with zero attached hydrogens (tertiary/aromatic N) is 1. The van der Waals surface area contributed by atoms with Crippen molar-refractivity contribution < 1.29 is 27.9 Å². The number of hydrogen-bond acceptors (Lipinski definition) is 6. The van der Waals surface area contributed by atoms with E-state index in [1.54, 1.807) is 24.3 Å². The second-order valence-corrected chi connectivity index (χ2v) is 6.67. The van der Waals surface area contributed by atoms with Crippen LogP contribution in [0, 0.1) is 0 Å². The van der Waals surface area contributed by atoms with E-state index in [2.05, 4.69) is 0 Å². The summed E-state index contributed by atoms with van der Waals surface area (Å²) < 4.78 is 26.4. The van der Waals surface area contributed by atoms with Crippen LogP contribution in [-0.2, 0) is 23.1 Å². The Morgan fingerprint density at radius 2 is 1.95 bits per heavy atom. The first-order valence-corrected chi connectivity index (χ1v) is 7.98. The highest BCUT2D eigenvalue weighted by Gasteiger charge is 2.41. The molecule has 0 N–H and O–H groups in total. The fraction of sp³-hybridized carbons (Fsp3) is 0.385. The fourth-order valence-corrected chi connectivity index (χ4v) is 2.95. The summed E-state index contributed by atoms with van der Waals surface area (Å²) in [6.07, 6.45) is -1.27. The Labute approximate surface area is 122 Å². The SMILES string of the molecule is COP(=O)(CC(=O)N1C(=O)OC[C@H]1c1ccccc1)OC. The molecule has 1 aromatic carbocycles. The Bertz CT molecular complexity index is 567. The number of cyclic esters (lactones) is 1. The Balaban J connectivity index is 2.21. The molecular weight excluding hydrogens is 297 g/mol. The number of amides is 2. The quantitative estimate of drug-likeness (QED) is 0.775. The normalized spacial score (nSPS) is 18.7. The van der Waals surface area contributed by atoms with E-state index in [0.717, 1.165) is 10.5 Å². The van der Waals surface area contributed by atoms with Crippen molar-refractivity contribution in [3.63, 3.8) is 0 Å². The first kappa shape index (κ1) is 15.7. The number of imide groups is 1. The predicted octanol–water partition coefficient (Wildman–Crippen LogP) is 2.19. The van der Waals surface area contributed by atoms with E-state index in [4.69, 9.17) is 13.8 Å². The molecule has 2 amide bonds. The van der Waals surface area contributed by atoms with Crippen LogP contribution in [0.1, 0.15) is 11.6 Å². The van der Waals surface area contributed by atoms with Crippen molar-refractivity contribution in [3.8, 4) is 0 Å². The van der Waals surface area contributed by atoms with Crippen LogP contribution in [-0.4, -0.2) is 43.9 Å². The zero-order valence-corrected chi connectivity index (χ0v) is 12.6. The summed E-state index contributed by atoms with van der Waals surface area (Å²) in [5.74, 6) is -0.654. The molecule has 8 heteroatoms. The third kappa shape index (κ3) is 3.32. The molecule has 0 aromatic heterocycles. The van der Waals surface area contributed by atoms with Crippen LogP contribution in [0.4, 0.5) is 4.79 Å². The molecule has 1 aromatic rings. The van der Waals surface area contributed by atoms with Crippen LogP contribution in [0.25, 0.3) is 0 Å². The van der Waals surface area contributed by atoms with Gasteiger partial charge in [-0.25, -0.2) is 9.69 Å². The van der Waals surface area contributed by atoms with Gasteiger partial charge in [0, 0.05) is 14.2 Å². The van der Waals surface area contributed by atoms with Gasteiger partial charge in [-0.15, -0.1) is 0 Å². The highest BCUT2D eigenvalue weighted by Crippen LogP contribution is 2.47. The molecule has 1 aliphatic heterocycles. The summed E-state index contributed by atoms with van der Waals surface area (Å²) in [7, 11) is -1.16. The molecule has 0 unspecified atom stereocenters. The Kier molecular flexibility index (Phi) is 4.77. The molecule has 1 atom stereocenters. The third-order valence-electron chi connectivity index (χ3n) is 3.21. The molecule has 1 saturated heterocycles. The van der Waals surface area contributed by atoms with E-state index >= 15 is 0 Å². The van der Waals surface area contributed by atoms with Gasteiger partial charge in [0.25, 0.3) is 0 Å². The summed E-state index contributed by atoms with van der Waals surface area (Å²) >= 11 is 0. The van der Waals surface area contributed by atoms with Crippen LogP contribution < -0.4 is 0 Å². The monoisotopic (exact) mass is 313 g/mol. The minimum atomic E-state index is -3.53. The van der Waals surface area contributed by atoms with Gasteiger partial charge in [-0.05, 0) is 5.56 Å². The topological polar surface area (TPSA) is 82.1 Å². The average molecular weight is 313 g/mol. The predicted molar refractivity (Wildman–Crippen MR) is 73.9 cm³/mol. The highest BCUT2D eigenvalue weighted by atomic mass is 31.2. The number of hydrogen-bond donors (Lipinski definition) is 0. The third-order valence-corrected chi connectivity index (χ3v) is 4.98. The lowest BCUT2D eigenvalue weighted by Gasteiger charge is -2.21. The summed E-state index contributed by atoms with van der Waals surface area (Å²) in [6, 6.07) is 8.48. The summed E-state index contributed by atoms with van der Waals surface area (Å²) in [6.45, 7) is 0.0683. The largest absolute Gasteiger partial charge is 0.446 e. The van der Waals surface area contributed by atoms with Crippen LogP contribution in [0.15, 0.2) is 30.3 Å². The molecular formula is C13H16NO6P. The number of rotatable bonds is 5. The highest BCUT2D eigenvalue weighted by molar-refractivity contribution is 7.54. The van der Waals surface area contributed by atoms with Gasteiger partial charge < -0.3 is 13.8 Å². The molecule has 0 aliphatic carbocycles. The first-order chi connectivity index (χ1) is 10.0. The van der Waals surface area contributed by atoms with Gasteiger partial charge in [0.2, 0.25) is 5.91 Å². The van der Waals surface area contributed by atoms with E-state index < -0.39 is 31.8 Å². The second kappa shape index (κ2) is 6.39. The number of carbonyl (C=O) groups excluding carboxylic acids is 2. The second-order valence-electron chi connectivity index (χ2n) is 4.40. The molecule has 0 bridgehead atoms. The number of carbonyl (C=O) groups is 2. The molecule has 0 spiro atoms. The maximum absolute atomic E-state index is 12.3. The summed E-state index contributed by atoms with van der Waals surface area (Å²) in [5, 5.41) is 0. The van der Waals surface area contributed by atoms with Gasteiger partial charge in [0.15, 0.2) is 0 Å². The van der Waals surface area contributed by atoms with E-state index in [9.17, 15) is 14.2 Å². The lowest BCUT2D eigenvalue weighted by molar-refractivity contribution is -0.126. The van der Waals surface area contributed by atoms with Crippen molar-refractivity contribution in [1.82, 2.24) is 4.90 Å². The minimum Gasteiger partial charge on any atom is -0.446 e. The summed E-state index contributed by atoms with van der Waals surface area (Å²) in [4.78, 5) is 25.0. The van der Waals surface area contributed by atoms with Crippen LogP contribution in [0.2, 0.25) is 0 Å². The molecule has 0 saturated carbocycles. The van der Waals surface area contributed by atoms with E-state index in [0.29, 0.717) is 0 Å². The van der Waals surface area contributed by atoms with Gasteiger partial charge in [-0.2, -0.15) is 0 Å². The number of ether oxygens (including phenoxy) is 1. The van der Waals surface area contributed by atoms with Crippen LogP contribution >= 0.6 is 7.60 Å². The maximum atomic E-state index is 12.3. The number of benzene rings is 1.